The maximum Gasteiger partial charge on any atom is 0.267 e. The standard InChI is InChI=1S/C19H20ClFN4O2/c1-19(2)9-16(25(10-19)12-3-4-14(21)13(20)8-12)18(27)24-11-5-6-23-15(7-11)17(22)26/h3-8,16H,9-10H2,1-2H3,(H2,22,26)(H,23,24,27). The van der Waals surface area contributed by atoms with Gasteiger partial charge in [-0.1, -0.05) is 25.4 Å². The maximum atomic E-state index is 13.5. The van der Waals surface area contributed by atoms with Gasteiger partial charge in [0.05, 0.1) is 5.02 Å². The second kappa shape index (κ2) is 7.15. The number of nitrogens with zero attached hydrogens (tertiary/aromatic N) is 2. The summed E-state index contributed by atoms with van der Waals surface area (Å²) < 4.78 is 13.5. The minimum Gasteiger partial charge on any atom is -0.364 e. The first kappa shape index (κ1) is 19.1. The summed E-state index contributed by atoms with van der Waals surface area (Å²) in [6.45, 7) is 4.75. The van der Waals surface area contributed by atoms with Gasteiger partial charge in [0.25, 0.3) is 5.91 Å². The molecule has 1 saturated heterocycles. The lowest BCUT2D eigenvalue weighted by Gasteiger charge is -2.26. The molecular formula is C19H20ClFN4O2. The summed E-state index contributed by atoms with van der Waals surface area (Å²) in [5, 5.41) is 2.82. The molecule has 1 unspecified atom stereocenters. The largest absolute Gasteiger partial charge is 0.364 e. The van der Waals surface area contributed by atoms with Gasteiger partial charge >= 0.3 is 0 Å². The second-order valence-corrected chi connectivity index (χ2v) is 7.80. The Hall–Kier alpha value is -2.67. The normalized spacial score (nSPS) is 18.4. The second-order valence-electron chi connectivity index (χ2n) is 7.39. The number of benzene rings is 1. The molecule has 2 amide bonds. The van der Waals surface area contributed by atoms with Crippen LogP contribution in [0.3, 0.4) is 0 Å². The Balaban J connectivity index is 1.85. The number of hydrogen-bond donors (Lipinski definition) is 2. The molecule has 8 heteroatoms. The molecule has 1 aliphatic rings. The number of primary amides is 1. The van der Waals surface area contributed by atoms with Crippen LogP contribution in [0.2, 0.25) is 5.02 Å². The Labute approximate surface area is 161 Å². The number of carbonyl (C=O) groups excluding carboxylic acids is 2. The van der Waals surface area contributed by atoms with Gasteiger partial charge in [-0.2, -0.15) is 0 Å². The van der Waals surface area contributed by atoms with Crippen molar-refractivity contribution in [2.45, 2.75) is 26.3 Å². The molecule has 142 valence electrons. The van der Waals surface area contributed by atoms with Gasteiger partial charge < -0.3 is 16.0 Å². The molecule has 0 radical (unpaired) electrons. The van der Waals surface area contributed by atoms with E-state index in [4.69, 9.17) is 17.3 Å². The van der Waals surface area contributed by atoms with Crippen LogP contribution in [0.4, 0.5) is 15.8 Å². The van der Waals surface area contributed by atoms with Gasteiger partial charge in [0, 0.05) is 24.1 Å². The molecule has 0 bridgehead atoms. The highest BCUT2D eigenvalue weighted by Crippen LogP contribution is 2.38. The van der Waals surface area contributed by atoms with Crippen LogP contribution in [-0.4, -0.2) is 29.4 Å². The highest BCUT2D eigenvalue weighted by Gasteiger charge is 2.41. The van der Waals surface area contributed by atoms with Crippen LogP contribution in [0.1, 0.15) is 30.8 Å². The van der Waals surface area contributed by atoms with Crippen molar-refractivity contribution in [2.75, 3.05) is 16.8 Å². The molecule has 1 atom stereocenters. The summed E-state index contributed by atoms with van der Waals surface area (Å²) in [5.41, 5.74) is 6.31. The van der Waals surface area contributed by atoms with Gasteiger partial charge in [-0.05, 0) is 42.2 Å². The van der Waals surface area contributed by atoms with Crippen LogP contribution in [0, 0.1) is 11.2 Å². The predicted octanol–water partition coefficient (Wildman–Crippen LogP) is 3.22. The molecule has 3 N–H and O–H groups in total. The van der Waals surface area contributed by atoms with Crippen molar-refractivity contribution in [1.29, 1.82) is 0 Å². The quantitative estimate of drug-likeness (QED) is 0.838. The molecule has 1 aromatic heterocycles. The van der Waals surface area contributed by atoms with E-state index in [0.29, 0.717) is 24.3 Å². The van der Waals surface area contributed by atoms with Crippen LogP contribution >= 0.6 is 11.6 Å². The first-order valence-corrected chi connectivity index (χ1v) is 8.82. The maximum absolute atomic E-state index is 13.5. The molecule has 1 aliphatic heterocycles. The van der Waals surface area contributed by atoms with Crippen LogP contribution in [0.15, 0.2) is 36.5 Å². The van der Waals surface area contributed by atoms with Crippen LogP contribution in [0.25, 0.3) is 0 Å². The molecule has 6 nitrogen and oxygen atoms in total. The number of carbonyl (C=O) groups is 2. The minimum absolute atomic E-state index is 0.0107. The monoisotopic (exact) mass is 390 g/mol. The van der Waals surface area contributed by atoms with Crippen molar-refractivity contribution in [3.8, 4) is 0 Å². The third-order valence-electron chi connectivity index (χ3n) is 4.54. The van der Waals surface area contributed by atoms with Crippen molar-refractivity contribution >= 4 is 34.8 Å². The zero-order valence-corrected chi connectivity index (χ0v) is 15.8. The Kier molecular flexibility index (Phi) is 5.06. The van der Waals surface area contributed by atoms with E-state index in [1.807, 2.05) is 4.90 Å². The van der Waals surface area contributed by atoms with E-state index in [2.05, 4.69) is 24.1 Å². The Morgan fingerprint density at radius 2 is 2.07 bits per heavy atom. The third kappa shape index (κ3) is 4.19. The van der Waals surface area contributed by atoms with Crippen LogP contribution in [-0.2, 0) is 4.79 Å². The highest BCUT2D eigenvalue weighted by molar-refractivity contribution is 6.31. The molecule has 2 aromatic rings. The van der Waals surface area contributed by atoms with Crippen molar-refractivity contribution in [1.82, 2.24) is 4.98 Å². The van der Waals surface area contributed by atoms with E-state index < -0.39 is 17.8 Å². The van der Waals surface area contributed by atoms with E-state index >= 15 is 0 Å². The highest BCUT2D eigenvalue weighted by atomic mass is 35.5. The molecule has 0 spiro atoms. The predicted molar refractivity (Wildman–Crippen MR) is 102 cm³/mol. The number of nitrogens with two attached hydrogens (primary N) is 1. The molecule has 0 aliphatic carbocycles. The zero-order chi connectivity index (χ0) is 19.8. The third-order valence-corrected chi connectivity index (χ3v) is 4.83. The zero-order valence-electron chi connectivity index (χ0n) is 15.0. The summed E-state index contributed by atoms with van der Waals surface area (Å²) in [6.07, 6.45) is 2.02. The van der Waals surface area contributed by atoms with Crippen LogP contribution < -0.4 is 16.0 Å². The molecule has 1 aromatic carbocycles. The van der Waals surface area contributed by atoms with Crippen molar-refractivity contribution < 1.29 is 14.0 Å². The fourth-order valence-corrected chi connectivity index (χ4v) is 3.48. The fourth-order valence-electron chi connectivity index (χ4n) is 3.31. The van der Waals surface area contributed by atoms with Gasteiger partial charge in [0.15, 0.2) is 0 Å². The lowest BCUT2D eigenvalue weighted by Crippen LogP contribution is -2.39. The van der Waals surface area contributed by atoms with Crippen molar-refractivity contribution in [3.05, 3.63) is 53.1 Å². The number of rotatable bonds is 4. The first-order valence-electron chi connectivity index (χ1n) is 8.45. The van der Waals surface area contributed by atoms with Crippen molar-refractivity contribution in [2.24, 2.45) is 11.1 Å². The topological polar surface area (TPSA) is 88.3 Å². The first-order chi connectivity index (χ1) is 12.7. The van der Waals surface area contributed by atoms with E-state index in [9.17, 15) is 14.0 Å². The Morgan fingerprint density at radius 3 is 2.74 bits per heavy atom. The molecule has 3 rings (SSSR count). The number of amides is 2. The van der Waals surface area contributed by atoms with Crippen molar-refractivity contribution in [3.63, 3.8) is 0 Å². The lowest BCUT2D eigenvalue weighted by molar-refractivity contribution is -0.117. The van der Waals surface area contributed by atoms with Gasteiger partial charge in [-0.25, -0.2) is 4.39 Å². The summed E-state index contributed by atoms with van der Waals surface area (Å²) in [4.78, 5) is 30.0. The Morgan fingerprint density at radius 1 is 1.33 bits per heavy atom. The van der Waals surface area contributed by atoms with Gasteiger partial charge in [-0.15, -0.1) is 0 Å². The SMILES string of the molecule is CC1(C)CC(C(=O)Nc2ccnc(C(N)=O)c2)N(c2ccc(F)c(Cl)c2)C1. The van der Waals surface area contributed by atoms with E-state index in [0.717, 1.165) is 0 Å². The number of halogens is 2. The smallest absolute Gasteiger partial charge is 0.267 e. The average molecular weight is 391 g/mol. The molecule has 2 heterocycles. The van der Waals surface area contributed by atoms with E-state index in [1.54, 1.807) is 12.1 Å². The summed E-state index contributed by atoms with van der Waals surface area (Å²) in [5.74, 6) is -1.41. The van der Waals surface area contributed by atoms with Crippen LogP contribution in [0.5, 0.6) is 0 Å². The average Bonchev–Trinajstić information content (AvgIpc) is 2.93. The lowest BCUT2D eigenvalue weighted by atomic mass is 9.90. The number of nitrogens with one attached hydrogen (secondary N) is 1. The van der Waals surface area contributed by atoms with E-state index in [1.165, 1.54) is 24.4 Å². The molecule has 27 heavy (non-hydrogen) atoms. The van der Waals surface area contributed by atoms with Gasteiger partial charge in [0.1, 0.15) is 17.6 Å². The summed E-state index contributed by atoms with van der Waals surface area (Å²) in [7, 11) is 0. The number of hydrogen-bond acceptors (Lipinski definition) is 4. The number of anilines is 2. The minimum atomic E-state index is -0.671. The van der Waals surface area contributed by atoms with Gasteiger partial charge in [0.2, 0.25) is 5.91 Å². The summed E-state index contributed by atoms with van der Waals surface area (Å²) in [6, 6.07) is 6.98. The fraction of sp³-hybridized carbons (Fsp3) is 0.316. The number of aromatic nitrogens is 1. The summed E-state index contributed by atoms with van der Waals surface area (Å²) >= 11 is 5.91. The Bertz CT molecular complexity index is 903. The number of pyridine rings is 1. The van der Waals surface area contributed by atoms with E-state index in [-0.39, 0.29) is 22.0 Å². The van der Waals surface area contributed by atoms with Gasteiger partial charge in [-0.3, -0.25) is 14.6 Å². The molecule has 0 saturated carbocycles. The molecule has 1 fully saturated rings. The molecular weight excluding hydrogens is 371 g/mol.